The number of hydrogen-bond acceptors (Lipinski definition) is 2. The first-order valence-electron chi connectivity index (χ1n) is 5.50. The molecule has 2 rings (SSSR count). The molecule has 1 aromatic carbocycles. The number of imidazole rings is 1. The first-order chi connectivity index (χ1) is 8.11. The molecular formula is C13H15ClN2O. The monoisotopic (exact) mass is 250 g/mol. The summed E-state index contributed by atoms with van der Waals surface area (Å²) in [5.74, 6) is 1.32. The van der Waals surface area contributed by atoms with Crippen molar-refractivity contribution in [3.63, 3.8) is 0 Å². The molecule has 0 spiro atoms. The van der Waals surface area contributed by atoms with E-state index in [1.807, 2.05) is 12.1 Å². The summed E-state index contributed by atoms with van der Waals surface area (Å²) in [7, 11) is 1.69. The molecule has 0 aliphatic rings. The summed E-state index contributed by atoms with van der Waals surface area (Å²) in [5, 5.41) is 0.405. The molecule has 0 atom stereocenters. The molecule has 17 heavy (non-hydrogen) atoms. The van der Waals surface area contributed by atoms with Crippen LogP contribution in [0.4, 0.5) is 0 Å². The van der Waals surface area contributed by atoms with Crippen LogP contribution < -0.4 is 4.74 Å². The van der Waals surface area contributed by atoms with E-state index in [4.69, 9.17) is 16.3 Å². The van der Waals surface area contributed by atoms with Crippen molar-refractivity contribution < 1.29 is 4.74 Å². The number of nitrogens with one attached hydrogen (secondary N) is 1. The van der Waals surface area contributed by atoms with Crippen LogP contribution >= 0.6 is 11.6 Å². The average Bonchev–Trinajstić information content (AvgIpc) is 2.75. The minimum Gasteiger partial charge on any atom is -0.496 e. The molecule has 4 heteroatoms. The molecule has 3 nitrogen and oxygen atoms in total. The summed E-state index contributed by atoms with van der Waals surface area (Å²) in [6.07, 6.45) is 1.73. The van der Waals surface area contributed by atoms with Gasteiger partial charge in [-0.15, -0.1) is 0 Å². The number of hydrogen-bond donors (Lipinski definition) is 1. The Bertz CT molecular complexity index is 520. The molecule has 0 bridgehead atoms. The summed E-state index contributed by atoms with van der Waals surface area (Å²) in [4.78, 5) is 7.00. The molecule has 90 valence electrons. The van der Waals surface area contributed by atoms with E-state index in [9.17, 15) is 0 Å². The fraction of sp³-hybridized carbons (Fsp3) is 0.308. The standard InChI is InChI=1S/C13H15ClN2O/c1-8(2)10-6-9(4-5-12(10)17-3)11-7-15-13(14)16-11/h4-8H,1-3H3,(H,15,16). The Hall–Kier alpha value is -1.48. The van der Waals surface area contributed by atoms with Gasteiger partial charge in [-0.25, -0.2) is 4.98 Å². The van der Waals surface area contributed by atoms with Gasteiger partial charge in [-0.2, -0.15) is 0 Å². The third kappa shape index (κ3) is 2.44. The third-order valence-electron chi connectivity index (χ3n) is 2.71. The van der Waals surface area contributed by atoms with Gasteiger partial charge in [-0.3, -0.25) is 0 Å². The number of aromatic amines is 1. The Morgan fingerprint density at radius 2 is 2.12 bits per heavy atom. The van der Waals surface area contributed by atoms with Gasteiger partial charge in [0.15, 0.2) is 5.28 Å². The summed E-state index contributed by atoms with van der Waals surface area (Å²) in [6.45, 7) is 4.28. The second-order valence-electron chi connectivity index (χ2n) is 4.20. The molecule has 1 aromatic heterocycles. The van der Waals surface area contributed by atoms with Gasteiger partial charge < -0.3 is 9.72 Å². The molecule has 0 amide bonds. The van der Waals surface area contributed by atoms with Crippen molar-refractivity contribution in [2.45, 2.75) is 19.8 Å². The van der Waals surface area contributed by atoms with Crippen molar-refractivity contribution in [2.24, 2.45) is 0 Å². The Balaban J connectivity index is 2.47. The summed E-state index contributed by atoms with van der Waals surface area (Å²) in [5.41, 5.74) is 3.16. The number of benzene rings is 1. The van der Waals surface area contributed by atoms with Crippen LogP contribution in [0.2, 0.25) is 5.28 Å². The van der Waals surface area contributed by atoms with E-state index in [2.05, 4.69) is 29.9 Å². The van der Waals surface area contributed by atoms with Gasteiger partial charge in [0, 0.05) is 5.56 Å². The van der Waals surface area contributed by atoms with Crippen LogP contribution in [0.25, 0.3) is 11.3 Å². The fourth-order valence-electron chi connectivity index (χ4n) is 1.80. The molecule has 1 heterocycles. The maximum Gasteiger partial charge on any atom is 0.200 e. The van der Waals surface area contributed by atoms with Gasteiger partial charge >= 0.3 is 0 Å². The van der Waals surface area contributed by atoms with Gasteiger partial charge in [0.1, 0.15) is 5.75 Å². The second kappa shape index (κ2) is 4.80. The predicted octanol–water partition coefficient (Wildman–Crippen LogP) is 3.86. The van der Waals surface area contributed by atoms with Crippen molar-refractivity contribution in [1.29, 1.82) is 0 Å². The summed E-state index contributed by atoms with van der Waals surface area (Å²) < 4.78 is 5.35. The molecule has 2 aromatic rings. The molecule has 1 N–H and O–H groups in total. The predicted molar refractivity (Wildman–Crippen MR) is 69.7 cm³/mol. The van der Waals surface area contributed by atoms with Crippen LogP contribution in [-0.2, 0) is 0 Å². The van der Waals surface area contributed by atoms with Crippen molar-refractivity contribution in [3.05, 3.63) is 35.2 Å². The number of H-pyrrole nitrogens is 1. The van der Waals surface area contributed by atoms with E-state index >= 15 is 0 Å². The van der Waals surface area contributed by atoms with Gasteiger partial charge in [0.05, 0.1) is 19.0 Å². The minimum atomic E-state index is 0.405. The Kier molecular flexibility index (Phi) is 3.38. The summed E-state index contributed by atoms with van der Waals surface area (Å²) >= 11 is 5.78. The minimum absolute atomic E-state index is 0.405. The zero-order valence-electron chi connectivity index (χ0n) is 10.1. The van der Waals surface area contributed by atoms with Crippen LogP contribution in [-0.4, -0.2) is 17.1 Å². The number of aromatic nitrogens is 2. The van der Waals surface area contributed by atoms with E-state index < -0.39 is 0 Å². The highest BCUT2D eigenvalue weighted by Gasteiger charge is 2.10. The molecule has 0 saturated carbocycles. The normalized spacial score (nSPS) is 10.9. The summed E-state index contributed by atoms with van der Waals surface area (Å²) in [6, 6.07) is 6.07. The molecule has 0 fully saturated rings. The number of ether oxygens (including phenoxy) is 1. The largest absolute Gasteiger partial charge is 0.496 e. The maximum absolute atomic E-state index is 5.78. The van der Waals surface area contributed by atoms with Crippen LogP contribution in [0, 0.1) is 0 Å². The van der Waals surface area contributed by atoms with Crippen LogP contribution in [0.15, 0.2) is 24.4 Å². The zero-order chi connectivity index (χ0) is 12.4. The van der Waals surface area contributed by atoms with E-state index in [1.165, 1.54) is 5.56 Å². The first-order valence-corrected chi connectivity index (χ1v) is 5.88. The molecule has 0 radical (unpaired) electrons. The second-order valence-corrected chi connectivity index (χ2v) is 4.56. The molecule has 0 aliphatic carbocycles. The Labute approximate surface area is 106 Å². The van der Waals surface area contributed by atoms with Crippen LogP contribution in [0.1, 0.15) is 25.3 Å². The lowest BCUT2D eigenvalue weighted by Gasteiger charge is -2.12. The molecule has 0 saturated heterocycles. The highest BCUT2D eigenvalue weighted by Crippen LogP contribution is 2.31. The van der Waals surface area contributed by atoms with Gasteiger partial charge in [0.25, 0.3) is 0 Å². The lowest BCUT2D eigenvalue weighted by molar-refractivity contribution is 0.407. The fourth-order valence-corrected chi connectivity index (χ4v) is 1.95. The van der Waals surface area contributed by atoms with E-state index in [1.54, 1.807) is 13.3 Å². The highest BCUT2D eigenvalue weighted by molar-refractivity contribution is 6.28. The number of methoxy groups -OCH3 is 1. The average molecular weight is 251 g/mol. The lowest BCUT2D eigenvalue weighted by atomic mass is 9.98. The van der Waals surface area contributed by atoms with Crippen LogP contribution in [0.3, 0.4) is 0 Å². The molecular weight excluding hydrogens is 236 g/mol. The van der Waals surface area contributed by atoms with E-state index in [0.717, 1.165) is 17.0 Å². The topological polar surface area (TPSA) is 37.9 Å². The lowest BCUT2D eigenvalue weighted by Crippen LogP contribution is -1.94. The first kappa shape index (κ1) is 12.0. The maximum atomic E-state index is 5.78. The van der Waals surface area contributed by atoms with Gasteiger partial charge in [-0.05, 0) is 41.3 Å². The number of halogens is 1. The quantitative estimate of drug-likeness (QED) is 0.898. The zero-order valence-corrected chi connectivity index (χ0v) is 10.9. The van der Waals surface area contributed by atoms with E-state index in [0.29, 0.717) is 11.2 Å². The smallest absolute Gasteiger partial charge is 0.200 e. The Morgan fingerprint density at radius 1 is 1.35 bits per heavy atom. The SMILES string of the molecule is COc1ccc(-c2cnc(Cl)[nH]2)cc1C(C)C. The van der Waals surface area contributed by atoms with Crippen LogP contribution in [0.5, 0.6) is 5.75 Å². The van der Waals surface area contributed by atoms with E-state index in [-0.39, 0.29) is 0 Å². The Morgan fingerprint density at radius 3 is 2.65 bits per heavy atom. The van der Waals surface area contributed by atoms with Crippen molar-refractivity contribution in [1.82, 2.24) is 9.97 Å². The van der Waals surface area contributed by atoms with Crippen molar-refractivity contribution in [2.75, 3.05) is 7.11 Å². The van der Waals surface area contributed by atoms with Gasteiger partial charge in [0.2, 0.25) is 0 Å². The molecule has 0 aliphatic heterocycles. The number of nitrogens with zero attached hydrogens (tertiary/aromatic N) is 1. The third-order valence-corrected chi connectivity index (χ3v) is 2.90. The van der Waals surface area contributed by atoms with Crippen molar-refractivity contribution in [3.8, 4) is 17.0 Å². The molecule has 0 unspecified atom stereocenters. The number of rotatable bonds is 3. The highest BCUT2D eigenvalue weighted by atomic mass is 35.5. The van der Waals surface area contributed by atoms with Crippen molar-refractivity contribution >= 4 is 11.6 Å². The van der Waals surface area contributed by atoms with Gasteiger partial charge in [-0.1, -0.05) is 13.8 Å².